The third kappa shape index (κ3) is 2.48. The van der Waals surface area contributed by atoms with Crippen LogP contribution in [0.3, 0.4) is 0 Å². The predicted molar refractivity (Wildman–Crippen MR) is 61.3 cm³/mol. The van der Waals surface area contributed by atoms with Gasteiger partial charge in [0.15, 0.2) is 0 Å². The summed E-state index contributed by atoms with van der Waals surface area (Å²) in [5.41, 5.74) is 0.632. The third-order valence-corrected chi connectivity index (χ3v) is 3.05. The second kappa shape index (κ2) is 4.92. The first-order valence-corrected chi connectivity index (χ1v) is 5.59. The molecule has 0 spiro atoms. The maximum Gasteiger partial charge on any atom is 0.310 e. The van der Waals surface area contributed by atoms with Crippen LogP contribution in [0.15, 0.2) is 18.5 Å². The Labute approximate surface area is 94.0 Å². The molecule has 0 saturated heterocycles. The molecule has 1 aliphatic rings. The average molecular weight is 221 g/mol. The third-order valence-electron chi connectivity index (χ3n) is 3.05. The van der Waals surface area contributed by atoms with Crippen molar-refractivity contribution < 1.29 is 4.92 Å². The first-order valence-electron chi connectivity index (χ1n) is 5.59. The number of hydrogen-bond donors (Lipinski definition) is 1. The number of nitro groups is 1. The van der Waals surface area contributed by atoms with Crippen LogP contribution >= 0.6 is 0 Å². The lowest BCUT2D eigenvalue weighted by atomic mass is 10.1. The van der Waals surface area contributed by atoms with E-state index in [0.717, 1.165) is 6.54 Å². The van der Waals surface area contributed by atoms with E-state index in [4.69, 9.17) is 0 Å². The SMILES string of the molecule is O=[N+]([O-])c1cnccc1NCC1CCCC1. The van der Waals surface area contributed by atoms with Crippen molar-refractivity contribution in [2.24, 2.45) is 5.92 Å². The second-order valence-electron chi connectivity index (χ2n) is 4.18. The van der Waals surface area contributed by atoms with E-state index >= 15 is 0 Å². The Morgan fingerprint density at radius 2 is 2.25 bits per heavy atom. The molecule has 1 aliphatic carbocycles. The van der Waals surface area contributed by atoms with Crippen LogP contribution in [0.2, 0.25) is 0 Å². The molecule has 0 unspecified atom stereocenters. The molecule has 16 heavy (non-hydrogen) atoms. The van der Waals surface area contributed by atoms with Gasteiger partial charge < -0.3 is 5.32 Å². The Balaban J connectivity index is 2.00. The molecule has 1 saturated carbocycles. The van der Waals surface area contributed by atoms with Crippen molar-refractivity contribution >= 4 is 11.4 Å². The number of nitrogens with zero attached hydrogens (tertiary/aromatic N) is 2. The van der Waals surface area contributed by atoms with E-state index in [1.54, 1.807) is 12.3 Å². The van der Waals surface area contributed by atoms with Gasteiger partial charge in [-0.05, 0) is 24.8 Å². The maximum atomic E-state index is 10.7. The van der Waals surface area contributed by atoms with E-state index in [-0.39, 0.29) is 5.69 Å². The molecule has 0 radical (unpaired) electrons. The Kier molecular flexibility index (Phi) is 3.34. The zero-order chi connectivity index (χ0) is 11.4. The van der Waals surface area contributed by atoms with Crippen LogP contribution in [-0.2, 0) is 0 Å². The average Bonchev–Trinajstić information content (AvgIpc) is 2.79. The summed E-state index contributed by atoms with van der Waals surface area (Å²) in [5, 5.41) is 13.9. The van der Waals surface area contributed by atoms with Gasteiger partial charge in [-0.15, -0.1) is 0 Å². The molecule has 5 nitrogen and oxygen atoms in total. The van der Waals surface area contributed by atoms with Gasteiger partial charge in [0.2, 0.25) is 0 Å². The first-order chi connectivity index (χ1) is 7.77. The molecule has 5 heteroatoms. The predicted octanol–water partition coefficient (Wildman–Crippen LogP) is 2.59. The van der Waals surface area contributed by atoms with Crippen molar-refractivity contribution in [3.63, 3.8) is 0 Å². The molecule has 0 atom stereocenters. The lowest BCUT2D eigenvalue weighted by Crippen LogP contribution is -2.12. The minimum absolute atomic E-state index is 0.0560. The fraction of sp³-hybridized carbons (Fsp3) is 0.545. The summed E-state index contributed by atoms with van der Waals surface area (Å²) < 4.78 is 0. The highest BCUT2D eigenvalue weighted by atomic mass is 16.6. The quantitative estimate of drug-likeness (QED) is 0.626. The Morgan fingerprint density at radius 1 is 1.50 bits per heavy atom. The summed E-state index contributed by atoms with van der Waals surface area (Å²) in [7, 11) is 0. The van der Waals surface area contributed by atoms with E-state index < -0.39 is 4.92 Å². The highest BCUT2D eigenvalue weighted by Crippen LogP contribution is 2.27. The number of hydrogen-bond acceptors (Lipinski definition) is 4. The van der Waals surface area contributed by atoms with E-state index in [1.165, 1.54) is 31.9 Å². The smallest absolute Gasteiger partial charge is 0.310 e. The lowest BCUT2D eigenvalue weighted by molar-refractivity contribution is -0.384. The molecule has 1 N–H and O–H groups in total. The molecule has 1 aromatic rings. The molecule has 0 aliphatic heterocycles. The first kappa shape index (κ1) is 10.9. The summed E-state index contributed by atoms with van der Waals surface area (Å²) in [6, 6.07) is 1.66. The molecular formula is C11H15N3O2. The second-order valence-corrected chi connectivity index (χ2v) is 4.18. The lowest BCUT2D eigenvalue weighted by Gasteiger charge is -2.11. The summed E-state index contributed by atoms with van der Waals surface area (Å²) in [6.45, 7) is 0.824. The number of nitrogens with one attached hydrogen (secondary N) is 1. The van der Waals surface area contributed by atoms with Crippen molar-refractivity contribution in [1.29, 1.82) is 0 Å². The molecule has 1 aromatic heterocycles. The Bertz CT molecular complexity index is 375. The van der Waals surface area contributed by atoms with Crippen LogP contribution in [-0.4, -0.2) is 16.5 Å². The van der Waals surface area contributed by atoms with Gasteiger partial charge in [-0.1, -0.05) is 12.8 Å². The van der Waals surface area contributed by atoms with Gasteiger partial charge in [-0.25, -0.2) is 0 Å². The summed E-state index contributed by atoms with van der Waals surface area (Å²) >= 11 is 0. The Morgan fingerprint density at radius 3 is 2.94 bits per heavy atom. The van der Waals surface area contributed by atoms with E-state index in [1.807, 2.05) is 0 Å². The minimum atomic E-state index is -0.399. The number of rotatable bonds is 4. The zero-order valence-electron chi connectivity index (χ0n) is 9.06. The van der Waals surface area contributed by atoms with Gasteiger partial charge in [-0.2, -0.15) is 0 Å². The number of aromatic nitrogens is 1. The molecular weight excluding hydrogens is 206 g/mol. The number of pyridine rings is 1. The summed E-state index contributed by atoms with van der Waals surface area (Å²) in [4.78, 5) is 14.1. The van der Waals surface area contributed by atoms with Gasteiger partial charge >= 0.3 is 5.69 Å². The topological polar surface area (TPSA) is 68.1 Å². The highest BCUT2D eigenvalue weighted by molar-refractivity contribution is 5.59. The van der Waals surface area contributed by atoms with Gasteiger partial charge in [0.25, 0.3) is 0 Å². The van der Waals surface area contributed by atoms with Gasteiger partial charge in [0.05, 0.1) is 4.92 Å². The standard InChI is InChI=1S/C11H15N3O2/c15-14(16)11-8-12-6-5-10(11)13-7-9-3-1-2-4-9/h5-6,8-9H,1-4,7H2,(H,12,13). The van der Waals surface area contributed by atoms with Gasteiger partial charge in [0.1, 0.15) is 11.9 Å². The minimum Gasteiger partial charge on any atom is -0.379 e. The summed E-state index contributed by atoms with van der Waals surface area (Å²) in [6.07, 6.45) is 7.88. The molecule has 0 aromatic carbocycles. The molecule has 0 amide bonds. The normalized spacial score (nSPS) is 16.2. The molecule has 0 bridgehead atoms. The van der Waals surface area contributed by atoms with Crippen LogP contribution in [0.25, 0.3) is 0 Å². The number of anilines is 1. The molecule has 1 fully saturated rings. The van der Waals surface area contributed by atoms with Crippen LogP contribution < -0.4 is 5.32 Å². The highest BCUT2D eigenvalue weighted by Gasteiger charge is 2.17. The zero-order valence-corrected chi connectivity index (χ0v) is 9.06. The van der Waals surface area contributed by atoms with Crippen molar-refractivity contribution in [3.8, 4) is 0 Å². The Hall–Kier alpha value is -1.65. The molecule has 1 heterocycles. The van der Waals surface area contributed by atoms with Crippen molar-refractivity contribution in [1.82, 2.24) is 4.98 Å². The maximum absolute atomic E-state index is 10.7. The van der Waals surface area contributed by atoms with Crippen molar-refractivity contribution in [3.05, 3.63) is 28.6 Å². The molecule has 2 rings (SSSR count). The van der Waals surface area contributed by atoms with E-state index in [0.29, 0.717) is 11.6 Å². The monoisotopic (exact) mass is 221 g/mol. The van der Waals surface area contributed by atoms with Crippen LogP contribution in [0.4, 0.5) is 11.4 Å². The van der Waals surface area contributed by atoms with E-state index in [9.17, 15) is 10.1 Å². The largest absolute Gasteiger partial charge is 0.379 e. The van der Waals surface area contributed by atoms with Crippen LogP contribution in [0, 0.1) is 16.0 Å². The van der Waals surface area contributed by atoms with Gasteiger partial charge in [0, 0.05) is 12.7 Å². The summed E-state index contributed by atoms with van der Waals surface area (Å²) in [5.74, 6) is 0.660. The van der Waals surface area contributed by atoms with Gasteiger partial charge in [-0.3, -0.25) is 15.1 Å². The van der Waals surface area contributed by atoms with Crippen molar-refractivity contribution in [2.45, 2.75) is 25.7 Å². The van der Waals surface area contributed by atoms with E-state index in [2.05, 4.69) is 10.3 Å². The van der Waals surface area contributed by atoms with Crippen molar-refractivity contribution in [2.75, 3.05) is 11.9 Å². The fourth-order valence-electron chi connectivity index (χ4n) is 2.15. The van der Waals surface area contributed by atoms with Crippen LogP contribution in [0.5, 0.6) is 0 Å². The van der Waals surface area contributed by atoms with Crippen LogP contribution in [0.1, 0.15) is 25.7 Å². The molecule has 86 valence electrons. The fourth-order valence-corrected chi connectivity index (χ4v) is 2.15.